The molecule has 0 aliphatic heterocycles. The van der Waals surface area contributed by atoms with E-state index in [1.165, 1.54) is 37.2 Å². The van der Waals surface area contributed by atoms with Gasteiger partial charge in [-0.25, -0.2) is 9.37 Å². The van der Waals surface area contributed by atoms with Crippen molar-refractivity contribution < 1.29 is 14.1 Å². The number of ether oxygens (including phenoxy) is 1. The molecule has 1 fully saturated rings. The topological polar surface area (TPSA) is 101 Å². The van der Waals surface area contributed by atoms with Gasteiger partial charge in [-0.1, -0.05) is 0 Å². The molecule has 9 nitrogen and oxygen atoms in total. The Bertz CT molecular complexity index is 1530. The Morgan fingerprint density at radius 2 is 2.03 bits per heavy atom. The lowest BCUT2D eigenvalue weighted by molar-refractivity contribution is -0.390. The molecule has 3 aromatic heterocycles. The average Bonchev–Trinajstić information content (AvgIpc) is 3.54. The van der Waals surface area contributed by atoms with Crippen molar-refractivity contribution in [2.45, 2.75) is 52.8 Å². The van der Waals surface area contributed by atoms with Gasteiger partial charge in [-0.05, 0) is 99.5 Å². The van der Waals surface area contributed by atoms with E-state index in [9.17, 15) is 14.5 Å². The van der Waals surface area contributed by atoms with Crippen LogP contribution in [0.4, 0.5) is 10.2 Å². The fourth-order valence-electron chi connectivity index (χ4n) is 4.45. The normalized spacial score (nSPS) is 14.1. The highest BCUT2D eigenvalue weighted by Crippen LogP contribution is 2.36. The van der Waals surface area contributed by atoms with Crippen LogP contribution in [0.2, 0.25) is 0 Å². The molecule has 4 aromatic rings. The molecule has 1 aliphatic rings. The molecule has 3 heterocycles. The number of halogens is 3. The van der Waals surface area contributed by atoms with Gasteiger partial charge in [0.25, 0.3) is 0 Å². The van der Waals surface area contributed by atoms with Gasteiger partial charge >= 0.3 is 5.82 Å². The molecule has 1 saturated carbocycles. The van der Waals surface area contributed by atoms with E-state index in [2.05, 4.69) is 36.8 Å². The summed E-state index contributed by atoms with van der Waals surface area (Å²) in [5.74, 6) is 0.434. The van der Waals surface area contributed by atoms with Gasteiger partial charge in [-0.15, -0.1) is 0 Å². The summed E-state index contributed by atoms with van der Waals surface area (Å²) >= 11 is 7.02. The Hall–Kier alpha value is -3.12. The van der Waals surface area contributed by atoms with Crippen molar-refractivity contribution in [3.63, 3.8) is 0 Å². The van der Waals surface area contributed by atoms with Crippen LogP contribution in [0, 0.1) is 35.7 Å². The summed E-state index contributed by atoms with van der Waals surface area (Å²) in [7, 11) is 0. The predicted molar refractivity (Wildman–Crippen MR) is 146 cm³/mol. The summed E-state index contributed by atoms with van der Waals surface area (Å²) in [6.07, 6.45) is 5.00. The predicted octanol–water partition coefficient (Wildman–Crippen LogP) is 6.93. The molecule has 0 bridgehead atoms. The first-order valence-corrected chi connectivity index (χ1v) is 13.7. The molecule has 0 amide bonds. The van der Waals surface area contributed by atoms with Crippen LogP contribution < -0.4 is 4.74 Å². The molecule has 0 radical (unpaired) electrons. The molecule has 0 saturated heterocycles. The molecule has 5 rings (SSSR count). The third-order valence-electron chi connectivity index (χ3n) is 6.51. The smallest absolute Gasteiger partial charge is 0.406 e. The van der Waals surface area contributed by atoms with E-state index >= 15 is 0 Å². The molecule has 38 heavy (non-hydrogen) atoms. The lowest BCUT2D eigenvalue weighted by atomic mass is 10.0. The number of aromatic nitrogens is 5. The van der Waals surface area contributed by atoms with E-state index in [-0.39, 0.29) is 5.75 Å². The number of rotatable bonds is 9. The van der Waals surface area contributed by atoms with Crippen molar-refractivity contribution in [2.24, 2.45) is 5.92 Å². The summed E-state index contributed by atoms with van der Waals surface area (Å²) < 4.78 is 26.0. The Balaban J connectivity index is 1.51. The lowest BCUT2D eigenvalue weighted by Gasteiger charge is -2.19. The van der Waals surface area contributed by atoms with Gasteiger partial charge in [0.2, 0.25) is 5.75 Å². The number of hydrogen-bond acceptors (Lipinski definition) is 6. The van der Waals surface area contributed by atoms with Crippen molar-refractivity contribution in [1.82, 2.24) is 24.3 Å². The van der Waals surface area contributed by atoms with Crippen molar-refractivity contribution in [1.29, 1.82) is 0 Å². The zero-order valence-electron chi connectivity index (χ0n) is 21.0. The van der Waals surface area contributed by atoms with Crippen LogP contribution in [0.15, 0.2) is 45.7 Å². The Morgan fingerprint density at radius 3 is 2.74 bits per heavy atom. The van der Waals surface area contributed by atoms with Crippen LogP contribution in [-0.2, 0) is 13.1 Å². The SMILES string of the molecule is Cc1cn(Cc2c(C)nn(CC3CC3)c2Br)c(-c2ccc(F)cc2C(C)Oc2cc(Br)cnc2[N+](=O)[O-])n1. The first-order valence-electron chi connectivity index (χ1n) is 12.1. The average molecular weight is 648 g/mol. The van der Waals surface area contributed by atoms with Crippen molar-refractivity contribution in [3.8, 4) is 17.1 Å². The van der Waals surface area contributed by atoms with E-state index in [0.717, 1.165) is 28.1 Å². The molecule has 1 aliphatic carbocycles. The molecule has 1 aromatic carbocycles. The number of aryl methyl sites for hydroxylation is 2. The first-order chi connectivity index (χ1) is 18.1. The third-order valence-corrected chi connectivity index (χ3v) is 7.83. The molecule has 12 heteroatoms. The first kappa shape index (κ1) is 26.5. The van der Waals surface area contributed by atoms with Crippen LogP contribution in [0.25, 0.3) is 11.4 Å². The minimum atomic E-state index is -0.740. The number of nitrogens with zero attached hydrogens (tertiary/aromatic N) is 6. The number of hydrogen-bond donors (Lipinski definition) is 0. The largest absolute Gasteiger partial charge is 0.478 e. The minimum absolute atomic E-state index is 0.0192. The molecular formula is C26H25Br2FN6O3. The highest BCUT2D eigenvalue weighted by molar-refractivity contribution is 9.10. The quantitative estimate of drug-likeness (QED) is 0.144. The van der Waals surface area contributed by atoms with Crippen molar-refractivity contribution >= 4 is 37.7 Å². The van der Waals surface area contributed by atoms with Crippen LogP contribution in [0.1, 0.15) is 48.4 Å². The standard InChI is InChI=1S/C26H25Br2FN6O3/c1-14-11-33(13-22-15(2)32-34(24(22)28)12-17-4-5-17)25(31-14)20-7-6-19(29)9-21(20)16(3)38-23-8-18(27)10-30-26(23)35(36)37/h6-11,16-17H,4-5,12-13H2,1-3H3. The molecule has 198 valence electrons. The highest BCUT2D eigenvalue weighted by Gasteiger charge is 2.26. The maximum atomic E-state index is 14.5. The molecule has 0 N–H and O–H groups in total. The fourth-order valence-corrected chi connectivity index (χ4v) is 5.40. The second-order valence-corrected chi connectivity index (χ2v) is 11.2. The molecule has 1 atom stereocenters. The summed E-state index contributed by atoms with van der Waals surface area (Å²) in [6.45, 7) is 7.01. The van der Waals surface area contributed by atoms with E-state index in [1.807, 2.05) is 29.3 Å². The summed E-state index contributed by atoms with van der Waals surface area (Å²) in [6, 6.07) is 5.89. The zero-order chi connectivity index (χ0) is 27.1. The van der Waals surface area contributed by atoms with Crippen LogP contribution >= 0.6 is 31.9 Å². The van der Waals surface area contributed by atoms with E-state index in [4.69, 9.17) is 14.8 Å². The van der Waals surface area contributed by atoms with Crippen LogP contribution in [0.3, 0.4) is 0 Å². The minimum Gasteiger partial charge on any atom is -0.478 e. The van der Waals surface area contributed by atoms with E-state index in [0.29, 0.717) is 33.9 Å². The van der Waals surface area contributed by atoms with Gasteiger partial charge in [0.15, 0.2) is 6.20 Å². The van der Waals surface area contributed by atoms with Gasteiger partial charge in [0, 0.05) is 35.5 Å². The van der Waals surface area contributed by atoms with Gasteiger partial charge < -0.3 is 19.4 Å². The van der Waals surface area contributed by atoms with Gasteiger partial charge in [0.05, 0.1) is 22.4 Å². The van der Waals surface area contributed by atoms with Crippen molar-refractivity contribution in [3.05, 3.63) is 84.2 Å². The fraction of sp³-hybridized carbons (Fsp3) is 0.346. The molecule has 0 spiro atoms. The molecule has 1 unspecified atom stereocenters. The Kier molecular flexibility index (Phi) is 7.36. The van der Waals surface area contributed by atoms with Crippen molar-refractivity contribution in [2.75, 3.05) is 0 Å². The monoisotopic (exact) mass is 646 g/mol. The maximum absolute atomic E-state index is 14.5. The summed E-state index contributed by atoms with van der Waals surface area (Å²) in [5.41, 5.74) is 3.95. The van der Waals surface area contributed by atoms with Crippen LogP contribution in [0.5, 0.6) is 5.75 Å². The Morgan fingerprint density at radius 1 is 1.26 bits per heavy atom. The second-order valence-electron chi connectivity index (χ2n) is 9.54. The lowest BCUT2D eigenvalue weighted by Crippen LogP contribution is -2.10. The highest BCUT2D eigenvalue weighted by atomic mass is 79.9. The number of nitro groups is 1. The van der Waals surface area contributed by atoms with E-state index in [1.54, 1.807) is 13.0 Å². The number of pyridine rings is 1. The summed E-state index contributed by atoms with van der Waals surface area (Å²) in [4.78, 5) is 19.5. The number of imidazole rings is 1. The maximum Gasteiger partial charge on any atom is 0.406 e. The van der Waals surface area contributed by atoms with Gasteiger partial charge in [0.1, 0.15) is 22.3 Å². The number of benzene rings is 1. The van der Waals surface area contributed by atoms with E-state index < -0.39 is 22.7 Å². The zero-order valence-corrected chi connectivity index (χ0v) is 24.2. The Labute approximate surface area is 235 Å². The van der Waals surface area contributed by atoms with Crippen LogP contribution in [-0.4, -0.2) is 29.2 Å². The second kappa shape index (κ2) is 10.6. The molecular weight excluding hydrogens is 623 g/mol. The van der Waals surface area contributed by atoms with Gasteiger partial charge in [-0.3, -0.25) is 4.68 Å². The third kappa shape index (κ3) is 5.51. The summed E-state index contributed by atoms with van der Waals surface area (Å²) in [5, 5.41) is 16.2. The van der Waals surface area contributed by atoms with Gasteiger partial charge in [-0.2, -0.15) is 5.10 Å².